The van der Waals surface area contributed by atoms with Crippen molar-refractivity contribution in [1.29, 1.82) is 0 Å². The van der Waals surface area contributed by atoms with Crippen LogP contribution >= 0.6 is 0 Å². The third kappa shape index (κ3) is 2.90. The molecule has 100 valence electrons. The highest BCUT2D eigenvalue weighted by molar-refractivity contribution is 5.97. The highest BCUT2D eigenvalue weighted by atomic mass is 19.4. The van der Waals surface area contributed by atoms with Gasteiger partial charge in [-0.25, -0.2) is 0 Å². The second kappa shape index (κ2) is 4.71. The second-order valence-corrected chi connectivity index (χ2v) is 3.64. The van der Waals surface area contributed by atoms with Crippen molar-refractivity contribution in [2.24, 2.45) is 0 Å². The number of nitrogens with one attached hydrogen (secondary N) is 1. The normalized spacial score (nSPS) is 11.4. The first-order valence-electron chi connectivity index (χ1n) is 5.16. The van der Waals surface area contributed by atoms with Crippen molar-refractivity contribution >= 4 is 11.6 Å². The van der Waals surface area contributed by atoms with Gasteiger partial charge in [-0.1, -0.05) is 17.3 Å². The summed E-state index contributed by atoms with van der Waals surface area (Å²) < 4.78 is 41.5. The maximum Gasteiger partial charge on any atom is 0.471 e. The lowest BCUT2D eigenvalue weighted by Gasteiger charge is -2.10. The summed E-state index contributed by atoms with van der Waals surface area (Å²) in [6, 6.07) is 5.86. The molecule has 5 nitrogen and oxygen atoms in total. The van der Waals surface area contributed by atoms with Crippen LogP contribution in [-0.4, -0.2) is 22.2 Å². The molecule has 0 radical (unpaired) electrons. The first-order valence-corrected chi connectivity index (χ1v) is 5.16. The molecular weight excluding hydrogens is 263 g/mol. The Bertz CT molecular complexity index is 607. The number of anilines is 1. The first kappa shape index (κ1) is 13.1. The topological polar surface area (TPSA) is 68.0 Å². The Morgan fingerprint density at radius 2 is 2.00 bits per heavy atom. The van der Waals surface area contributed by atoms with E-state index in [1.165, 1.54) is 18.2 Å². The largest absolute Gasteiger partial charge is 0.471 e. The summed E-state index contributed by atoms with van der Waals surface area (Å²) in [4.78, 5) is 14.8. The lowest BCUT2D eigenvalue weighted by atomic mass is 10.1. The molecule has 1 heterocycles. The van der Waals surface area contributed by atoms with Crippen molar-refractivity contribution in [2.75, 3.05) is 5.32 Å². The fourth-order valence-electron chi connectivity index (χ4n) is 1.38. The van der Waals surface area contributed by atoms with Crippen LogP contribution in [0.3, 0.4) is 0 Å². The number of hydrogen-bond acceptors (Lipinski definition) is 4. The first-order chi connectivity index (χ1) is 8.88. The van der Waals surface area contributed by atoms with Gasteiger partial charge in [-0.3, -0.25) is 4.79 Å². The molecule has 19 heavy (non-hydrogen) atoms. The Labute approximate surface area is 105 Å². The Hall–Kier alpha value is -2.38. The molecule has 1 N–H and O–H groups in total. The monoisotopic (exact) mass is 271 g/mol. The molecule has 0 fully saturated rings. The minimum atomic E-state index is -4.96. The fourth-order valence-corrected chi connectivity index (χ4v) is 1.38. The summed E-state index contributed by atoms with van der Waals surface area (Å²) in [6.07, 6.45) is -4.96. The zero-order valence-corrected chi connectivity index (χ0v) is 9.65. The lowest BCUT2D eigenvalue weighted by molar-refractivity contribution is -0.167. The molecule has 2 aromatic rings. The van der Waals surface area contributed by atoms with Gasteiger partial charge in [0.25, 0.3) is 5.89 Å². The van der Waals surface area contributed by atoms with Crippen molar-refractivity contribution in [2.45, 2.75) is 13.1 Å². The fraction of sp³-hybridized carbons (Fsp3) is 0.182. The Morgan fingerprint density at radius 3 is 2.58 bits per heavy atom. The van der Waals surface area contributed by atoms with Gasteiger partial charge in [-0.15, -0.1) is 0 Å². The summed E-state index contributed by atoms with van der Waals surface area (Å²) in [5, 5.41) is 5.31. The number of aromatic nitrogens is 2. The Balaban J connectivity index is 2.35. The van der Waals surface area contributed by atoms with E-state index < -0.39 is 12.1 Å². The number of aryl methyl sites for hydroxylation is 1. The molecule has 0 saturated carbocycles. The van der Waals surface area contributed by atoms with Crippen LogP contribution in [0.4, 0.5) is 18.9 Å². The maximum atomic E-state index is 12.2. The predicted molar refractivity (Wildman–Crippen MR) is 59.2 cm³/mol. The van der Waals surface area contributed by atoms with Gasteiger partial charge < -0.3 is 9.84 Å². The summed E-state index contributed by atoms with van der Waals surface area (Å²) in [6.45, 7) is 1.57. The van der Waals surface area contributed by atoms with Crippen molar-refractivity contribution in [3.05, 3.63) is 30.1 Å². The number of halogens is 3. The van der Waals surface area contributed by atoms with Crippen LogP contribution in [0.15, 0.2) is 28.8 Å². The molecule has 0 spiro atoms. The molecule has 0 aliphatic carbocycles. The van der Waals surface area contributed by atoms with E-state index in [4.69, 9.17) is 4.52 Å². The zero-order chi connectivity index (χ0) is 14.0. The predicted octanol–water partition coefficient (Wildman–Crippen LogP) is 2.55. The average molecular weight is 271 g/mol. The number of carbonyl (C=O) groups excluding carboxylic acids is 1. The third-order valence-electron chi connectivity index (χ3n) is 2.19. The summed E-state index contributed by atoms with van der Waals surface area (Å²) >= 11 is 0. The van der Waals surface area contributed by atoms with Gasteiger partial charge in [-0.2, -0.15) is 18.2 Å². The molecule has 0 unspecified atom stereocenters. The number of para-hydroxylation sites is 1. The average Bonchev–Trinajstić information content (AvgIpc) is 2.75. The number of amides is 1. The van der Waals surface area contributed by atoms with E-state index in [0.717, 1.165) is 0 Å². The number of alkyl halides is 3. The highest BCUT2D eigenvalue weighted by Gasteiger charge is 2.39. The van der Waals surface area contributed by atoms with Crippen molar-refractivity contribution < 1.29 is 22.5 Å². The highest BCUT2D eigenvalue weighted by Crippen LogP contribution is 2.28. The zero-order valence-electron chi connectivity index (χ0n) is 9.65. The molecule has 0 bridgehead atoms. The van der Waals surface area contributed by atoms with Gasteiger partial charge >= 0.3 is 12.1 Å². The number of hydrogen-bond donors (Lipinski definition) is 1. The standard InChI is InChI=1S/C11H8F3N3O2/c1-6-15-9(19-17-6)7-4-2-3-5-8(7)16-10(18)11(12,13)14/h2-5H,1H3,(H,16,18). The van der Waals surface area contributed by atoms with E-state index in [2.05, 4.69) is 10.1 Å². The Kier molecular flexibility index (Phi) is 3.24. The van der Waals surface area contributed by atoms with E-state index in [-0.39, 0.29) is 17.1 Å². The van der Waals surface area contributed by atoms with Crippen LogP contribution in [0, 0.1) is 6.92 Å². The van der Waals surface area contributed by atoms with Crippen molar-refractivity contribution in [3.8, 4) is 11.5 Å². The van der Waals surface area contributed by atoms with Crippen LogP contribution in [0.25, 0.3) is 11.5 Å². The van der Waals surface area contributed by atoms with Gasteiger partial charge in [0, 0.05) is 0 Å². The molecule has 1 aromatic carbocycles. The van der Waals surface area contributed by atoms with E-state index in [1.54, 1.807) is 18.3 Å². The number of nitrogens with zero attached hydrogens (tertiary/aromatic N) is 2. The SMILES string of the molecule is Cc1noc(-c2ccccc2NC(=O)C(F)(F)F)n1. The van der Waals surface area contributed by atoms with Gasteiger partial charge in [-0.05, 0) is 19.1 Å². The molecule has 2 rings (SSSR count). The molecule has 8 heteroatoms. The minimum absolute atomic E-state index is 0.0376. The van der Waals surface area contributed by atoms with Crippen molar-refractivity contribution in [1.82, 2.24) is 10.1 Å². The van der Waals surface area contributed by atoms with E-state index in [1.807, 2.05) is 0 Å². The second-order valence-electron chi connectivity index (χ2n) is 3.64. The molecule has 0 atom stereocenters. The van der Waals surface area contributed by atoms with Gasteiger partial charge in [0.05, 0.1) is 11.3 Å². The molecule has 0 aliphatic heterocycles. The van der Waals surface area contributed by atoms with Crippen LogP contribution in [0.1, 0.15) is 5.82 Å². The minimum Gasteiger partial charge on any atom is -0.334 e. The van der Waals surface area contributed by atoms with Crippen LogP contribution in [-0.2, 0) is 4.79 Å². The summed E-state index contributed by atoms with van der Waals surface area (Å²) in [5.74, 6) is -1.68. The molecular formula is C11H8F3N3O2. The molecule has 1 aromatic heterocycles. The number of benzene rings is 1. The number of rotatable bonds is 2. The summed E-state index contributed by atoms with van der Waals surface area (Å²) in [7, 11) is 0. The Morgan fingerprint density at radius 1 is 1.32 bits per heavy atom. The van der Waals surface area contributed by atoms with Gasteiger partial charge in [0.1, 0.15) is 0 Å². The van der Waals surface area contributed by atoms with E-state index >= 15 is 0 Å². The smallest absolute Gasteiger partial charge is 0.334 e. The lowest BCUT2D eigenvalue weighted by Crippen LogP contribution is -2.30. The van der Waals surface area contributed by atoms with Crippen LogP contribution < -0.4 is 5.32 Å². The number of carbonyl (C=O) groups is 1. The summed E-state index contributed by atoms with van der Waals surface area (Å²) in [5.41, 5.74) is 0.175. The van der Waals surface area contributed by atoms with Crippen LogP contribution in [0.2, 0.25) is 0 Å². The third-order valence-corrected chi connectivity index (χ3v) is 2.19. The molecule has 0 saturated heterocycles. The van der Waals surface area contributed by atoms with E-state index in [9.17, 15) is 18.0 Å². The van der Waals surface area contributed by atoms with Crippen LogP contribution in [0.5, 0.6) is 0 Å². The molecule has 1 amide bonds. The van der Waals surface area contributed by atoms with E-state index in [0.29, 0.717) is 5.82 Å². The maximum absolute atomic E-state index is 12.2. The van der Waals surface area contributed by atoms with Gasteiger partial charge in [0.2, 0.25) is 0 Å². The van der Waals surface area contributed by atoms with Crippen molar-refractivity contribution in [3.63, 3.8) is 0 Å². The molecule has 0 aliphatic rings. The quantitative estimate of drug-likeness (QED) is 0.911. The van der Waals surface area contributed by atoms with Gasteiger partial charge in [0.15, 0.2) is 5.82 Å².